The zero-order chi connectivity index (χ0) is 9.41. The molecule has 0 amide bonds. The lowest BCUT2D eigenvalue weighted by atomic mass is 11.0. The fourth-order valence-corrected chi connectivity index (χ4v) is 1.26. The Morgan fingerprint density at radius 1 is 1.78 bits per heavy atom. The number of rotatable bonds is 1. The van der Waals surface area contributed by atoms with Crippen LogP contribution in [-0.4, -0.2) is 13.1 Å². The summed E-state index contributed by atoms with van der Waals surface area (Å²) in [5, 5.41) is 0.600. The van der Waals surface area contributed by atoms with Crippen LogP contribution in [0.15, 0.2) is 17.1 Å². The van der Waals surface area contributed by atoms with Crippen molar-refractivity contribution in [2.75, 3.05) is 0 Å². The van der Waals surface area contributed by atoms with Crippen LogP contribution in [-0.2, 0) is 0 Å². The zero-order valence-corrected chi connectivity index (χ0v) is 6.51. The minimum absolute atomic E-state index is 0.600. The molecule has 50 valence electrons. The Morgan fingerprint density at radius 2 is 2.56 bits per heavy atom. The Labute approximate surface area is 60.1 Å². The van der Waals surface area contributed by atoms with Gasteiger partial charge in [-0.3, -0.25) is 0 Å². The van der Waals surface area contributed by atoms with Crippen molar-refractivity contribution in [3.63, 3.8) is 0 Å². The maximum atomic E-state index is 7.32. The molecule has 2 nitrogen and oxygen atoms in total. The SMILES string of the molecule is [2H]C([2H])([2H])[Si](C)(C)c1cocn1. The molecule has 1 aromatic heterocycles. The standard InChI is InChI=1S/C6H11NOSi/c1-9(2,3)6-4-8-5-7-6/h4-5H,1-3H3/i1D3. The highest BCUT2D eigenvalue weighted by Crippen LogP contribution is 1.98. The highest BCUT2D eigenvalue weighted by Gasteiger charge is 2.18. The van der Waals surface area contributed by atoms with E-state index in [2.05, 4.69) is 4.98 Å². The molecule has 0 unspecified atom stereocenters. The van der Waals surface area contributed by atoms with Crippen LogP contribution in [0.1, 0.15) is 4.11 Å². The van der Waals surface area contributed by atoms with E-state index in [0.717, 1.165) is 0 Å². The van der Waals surface area contributed by atoms with Crippen LogP contribution < -0.4 is 5.32 Å². The molecule has 0 atom stereocenters. The first-order valence-corrected chi connectivity index (χ1v) is 5.74. The van der Waals surface area contributed by atoms with E-state index in [4.69, 9.17) is 8.53 Å². The van der Waals surface area contributed by atoms with Crippen LogP contribution >= 0.6 is 0 Å². The van der Waals surface area contributed by atoms with Crippen molar-refractivity contribution >= 4 is 13.4 Å². The number of nitrogens with zero attached hydrogens (tertiary/aromatic N) is 1. The molecular weight excluding hydrogens is 130 g/mol. The Balaban J connectivity index is 3.02. The van der Waals surface area contributed by atoms with Crippen molar-refractivity contribution in [1.82, 2.24) is 4.98 Å². The van der Waals surface area contributed by atoms with Gasteiger partial charge in [0, 0.05) is 4.11 Å². The summed E-state index contributed by atoms with van der Waals surface area (Å²) in [5.74, 6) is 0. The third kappa shape index (κ3) is 1.42. The van der Waals surface area contributed by atoms with Gasteiger partial charge in [0.05, 0.1) is 5.32 Å². The molecule has 0 saturated carbocycles. The highest BCUT2D eigenvalue weighted by molar-refractivity contribution is 6.88. The lowest BCUT2D eigenvalue weighted by molar-refractivity contribution is 0.558. The molecule has 1 aromatic rings. The lowest BCUT2D eigenvalue weighted by Crippen LogP contribution is -2.38. The Morgan fingerprint density at radius 3 is 3.00 bits per heavy atom. The maximum Gasteiger partial charge on any atom is 0.180 e. The molecule has 1 heterocycles. The Kier molecular flexibility index (Phi) is 0.786. The van der Waals surface area contributed by atoms with Crippen molar-refractivity contribution in [3.05, 3.63) is 12.7 Å². The average Bonchev–Trinajstić information content (AvgIpc) is 2.34. The fraction of sp³-hybridized carbons (Fsp3) is 0.500. The number of oxazole rings is 1. The minimum atomic E-state index is -2.43. The van der Waals surface area contributed by atoms with E-state index in [1.54, 1.807) is 13.1 Å². The van der Waals surface area contributed by atoms with Crippen molar-refractivity contribution in [2.24, 2.45) is 0 Å². The first-order chi connectivity index (χ1) is 5.36. The molecule has 0 aliphatic heterocycles. The van der Waals surface area contributed by atoms with Gasteiger partial charge < -0.3 is 4.42 Å². The van der Waals surface area contributed by atoms with Crippen LogP contribution in [0.5, 0.6) is 0 Å². The van der Waals surface area contributed by atoms with Crippen molar-refractivity contribution in [1.29, 1.82) is 0 Å². The van der Waals surface area contributed by atoms with Crippen molar-refractivity contribution < 1.29 is 8.53 Å². The van der Waals surface area contributed by atoms with Gasteiger partial charge in [-0.15, -0.1) is 0 Å². The van der Waals surface area contributed by atoms with Gasteiger partial charge in [-0.05, 0) is 0 Å². The summed E-state index contributed by atoms with van der Waals surface area (Å²) in [4.78, 5) is 3.89. The van der Waals surface area contributed by atoms with Crippen molar-refractivity contribution in [2.45, 2.75) is 19.6 Å². The molecule has 0 N–H and O–H groups in total. The monoisotopic (exact) mass is 144 g/mol. The second-order valence-corrected chi connectivity index (χ2v) is 6.26. The van der Waals surface area contributed by atoms with Crippen LogP contribution in [0, 0.1) is 0 Å². The first kappa shape index (κ1) is 3.56. The molecule has 1 rings (SSSR count). The molecule has 3 heteroatoms. The molecule has 0 radical (unpaired) electrons. The van der Waals surface area contributed by atoms with Gasteiger partial charge in [-0.1, -0.05) is 19.6 Å². The maximum absolute atomic E-state index is 7.32. The van der Waals surface area contributed by atoms with E-state index < -0.39 is 14.5 Å². The topological polar surface area (TPSA) is 26.0 Å². The first-order valence-electron chi connectivity index (χ1n) is 4.24. The minimum Gasteiger partial charge on any atom is -0.452 e. The smallest absolute Gasteiger partial charge is 0.180 e. The van der Waals surface area contributed by atoms with E-state index in [0.29, 0.717) is 5.32 Å². The molecule has 0 aromatic carbocycles. The summed E-state index contributed by atoms with van der Waals surface area (Å²) in [7, 11) is -2.43. The molecule has 9 heavy (non-hydrogen) atoms. The normalized spacial score (nSPS) is 18.2. The highest BCUT2D eigenvalue weighted by atomic mass is 28.3. The third-order valence-corrected chi connectivity index (χ3v) is 2.60. The third-order valence-electron chi connectivity index (χ3n) is 1.07. The van der Waals surface area contributed by atoms with Gasteiger partial charge in [-0.25, -0.2) is 4.98 Å². The quantitative estimate of drug-likeness (QED) is 0.554. The van der Waals surface area contributed by atoms with E-state index in [-0.39, 0.29) is 0 Å². The summed E-state index contributed by atoms with van der Waals surface area (Å²) >= 11 is 0. The second kappa shape index (κ2) is 1.99. The van der Waals surface area contributed by atoms with Gasteiger partial charge in [0.25, 0.3) is 0 Å². The number of hydrogen-bond acceptors (Lipinski definition) is 2. The number of hydrogen-bond donors (Lipinski definition) is 0. The van der Waals surface area contributed by atoms with Crippen LogP contribution in [0.3, 0.4) is 0 Å². The van der Waals surface area contributed by atoms with E-state index in [1.165, 1.54) is 12.7 Å². The van der Waals surface area contributed by atoms with Crippen LogP contribution in [0.25, 0.3) is 0 Å². The van der Waals surface area contributed by atoms with E-state index in [1.807, 2.05) is 0 Å². The Hall–Kier alpha value is -0.573. The van der Waals surface area contributed by atoms with Gasteiger partial charge >= 0.3 is 0 Å². The van der Waals surface area contributed by atoms with Gasteiger partial charge in [-0.2, -0.15) is 0 Å². The summed E-state index contributed by atoms with van der Waals surface area (Å²) in [6, 6.07) is 0. The second-order valence-electron chi connectivity index (χ2n) is 2.50. The van der Waals surface area contributed by atoms with E-state index in [9.17, 15) is 0 Å². The predicted molar refractivity (Wildman–Crippen MR) is 39.5 cm³/mol. The zero-order valence-electron chi connectivity index (χ0n) is 8.51. The Bertz CT molecular complexity index is 254. The largest absolute Gasteiger partial charge is 0.452 e. The van der Waals surface area contributed by atoms with Gasteiger partial charge in [0.2, 0.25) is 0 Å². The number of aromatic nitrogens is 1. The summed E-state index contributed by atoms with van der Waals surface area (Å²) in [6.07, 6.45) is 2.70. The molecule has 0 bridgehead atoms. The average molecular weight is 144 g/mol. The molecule has 0 fully saturated rings. The predicted octanol–water partition coefficient (Wildman–Crippen LogP) is 1.22. The van der Waals surface area contributed by atoms with Gasteiger partial charge in [0.15, 0.2) is 6.39 Å². The molecule has 0 saturated heterocycles. The lowest BCUT2D eigenvalue weighted by Gasteiger charge is -2.09. The summed E-state index contributed by atoms with van der Waals surface area (Å²) in [6.45, 7) is 1.61. The van der Waals surface area contributed by atoms with Crippen LogP contribution in [0.2, 0.25) is 19.6 Å². The van der Waals surface area contributed by atoms with Gasteiger partial charge in [0.1, 0.15) is 14.3 Å². The summed E-state index contributed by atoms with van der Waals surface area (Å²) < 4.78 is 26.7. The van der Waals surface area contributed by atoms with Crippen LogP contribution in [0.4, 0.5) is 0 Å². The molecular formula is C6H11NOSi. The summed E-state index contributed by atoms with van der Waals surface area (Å²) in [5.41, 5.74) is 0. The molecule has 0 aliphatic rings. The van der Waals surface area contributed by atoms with Crippen molar-refractivity contribution in [3.8, 4) is 0 Å². The fourth-order valence-electron chi connectivity index (χ4n) is 0.521. The molecule has 0 spiro atoms. The molecule has 0 aliphatic carbocycles. The van der Waals surface area contributed by atoms with E-state index >= 15 is 0 Å².